The molecule has 0 spiro atoms. The zero-order valence-corrected chi connectivity index (χ0v) is 20.8. The molecule has 1 aliphatic carbocycles. The summed E-state index contributed by atoms with van der Waals surface area (Å²) < 4.78 is 7.31. The molecule has 1 aliphatic rings. The number of nitrogens with zero attached hydrogens (tertiary/aromatic N) is 2. The lowest BCUT2D eigenvalue weighted by Gasteiger charge is -2.08. The topological polar surface area (TPSA) is 85.2 Å². The van der Waals surface area contributed by atoms with Crippen molar-refractivity contribution < 1.29 is 14.3 Å². The van der Waals surface area contributed by atoms with Crippen molar-refractivity contribution in [1.29, 1.82) is 0 Å². The lowest BCUT2D eigenvalue weighted by Crippen LogP contribution is -2.30. The van der Waals surface area contributed by atoms with Crippen LogP contribution in [-0.2, 0) is 11.2 Å². The van der Waals surface area contributed by atoms with E-state index in [2.05, 4.69) is 10.6 Å². The fourth-order valence-electron chi connectivity index (χ4n) is 3.99. The molecule has 37 heavy (non-hydrogen) atoms. The van der Waals surface area contributed by atoms with Gasteiger partial charge in [-0.1, -0.05) is 60.2 Å². The average Bonchev–Trinajstić information content (AvgIpc) is 3.62. The number of carbonyl (C=O) groups is 2. The molecule has 3 aromatic carbocycles. The van der Waals surface area contributed by atoms with E-state index in [1.807, 2.05) is 85.8 Å². The van der Waals surface area contributed by atoms with Gasteiger partial charge in [0.1, 0.15) is 11.4 Å². The van der Waals surface area contributed by atoms with Crippen LogP contribution >= 0.6 is 0 Å². The van der Waals surface area contributed by atoms with E-state index in [9.17, 15) is 9.59 Å². The first kappa shape index (κ1) is 24.3. The predicted octanol–water partition coefficient (Wildman–Crippen LogP) is 4.48. The summed E-state index contributed by atoms with van der Waals surface area (Å²) in [6.45, 7) is 2.54. The van der Waals surface area contributed by atoms with Crippen LogP contribution in [0.25, 0.3) is 16.9 Å². The molecule has 2 N–H and O–H groups in total. The largest absolute Gasteiger partial charge is 0.484 e. The Hall–Kier alpha value is -4.39. The number of rotatable bonds is 10. The summed E-state index contributed by atoms with van der Waals surface area (Å²) in [6.07, 6.45) is 4.56. The minimum Gasteiger partial charge on any atom is -0.484 e. The van der Waals surface area contributed by atoms with Crippen LogP contribution in [0.4, 0.5) is 0 Å². The fourth-order valence-corrected chi connectivity index (χ4v) is 3.99. The standard InChI is InChI=1S/C30H30N4O3/c1-21-7-13-25(14-8-21)34-19-27(29(33-34)23-5-3-2-4-6-23)30(36)31-18-17-22-9-15-26(16-10-22)37-20-28(35)32-24-11-12-24/h2-10,13-16,19,24H,11-12,17-18,20H2,1H3,(H,31,36)(H,32,35). The first-order chi connectivity index (χ1) is 18.0. The van der Waals surface area contributed by atoms with Crippen molar-refractivity contribution in [2.45, 2.75) is 32.2 Å². The van der Waals surface area contributed by atoms with Gasteiger partial charge in [-0.3, -0.25) is 9.59 Å². The van der Waals surface area contributed by atoms with Gasteiger partial charge >= 0.3 is 0 Å². The summed E-state index contributed by atoms with van der Waals surface area (Å²) in [6, 6.07) is 25.7. The lowest BCUT2D eigenvalue weighted by atomic mass is 10.1. The summed E-state index contributed by atoms with van der Waals surface area (Å²) in [5.74, 6) is 0.392. The van der Waals surface area contributed by atoms with E-state index in [-0.39, 0.29) is 18.4 Å². The predicted molar refractivity (Wildman–Crippen MR) is 143 cm³/mol. The third kappa shape index (κ3) is 6.44. The van der Waals surface area contributed by atoms with Gasteiger partial charge in [0.05, 0.1) is 11.3 Å². The second-order valence-corrected chi connectivity index (χ2v) is 9.32. The molecular weight excluding hydrogens is 464 g/mol. The zero-order valence-electron chi connectivity index (χ0n) is 20.8. The number of hydrogen-bond donors (Lipinski definition) is 2. The van der Waals surface area contributed by atoms with Gasteiger partial charge in [0.2, 0.25) is 0 Å². The molecule has 1 saturated carbocycles. The van der Waals surface area contributed by atoms with Gasteiger partial charge in [0.25, 0.3) is 11.8 Å². The van der Waals surface area contributed by atoms with E-state index in [1.165, 1.54) is 0 Å². The van der Waals surface area contributed by atoms with Gasteiger partial charge in [-0.2, -0.15) is 5.10 Å². The van der Waals surface area contributed by atoms with Gasteiger partial charge in [-0.05, 0) is 56.0 Å². The molecule has 1 heterocycles. The van der Waals surface area contributed by atoms with Crippen molar-refractivity contribution in [3.05, 3.63) is 102 Å². The Morgan fingerprint density at radius 1 is 0.973 bits per heavy atom. The van der Waals surface area contributed by atoms with Crippen LogP contribution in [0.5, 0.6) is 5.75 Å². The number of aromatic nitrogens is 2. The van der Waals surface area contributed by atoms with Crippen molar-refractivity contribution in [2.24, 2.45) is 0 Å². The highest BCUT2D eigenvalue weighted by Gasteiger charge is 2.23. The summed E-state index contributed by atoms with van der Waals surface area (Å²) in [5, 5.41) is 10.7. The molecule has 5 rings (SSSR count). The van der Waals surface area contributed by atoms with Crippen molar-refractivity contribution >= 4 is 11.8 Å². The van der Waals surface area contributed by atoms with Crippen molar-refractivity contribution in [3.8, 4) is 22.7 Å². The Bertz CT molecular complexity index is 1360. The number of amides is 2. The Morgan fingerprint density at radius 3 is 2.41 bits per heavy atom. The van der Waals surface area contributed by atoms with Crippen LogP contribution in [0, 0.1) is 6.92 Å². The molecule has 1 fully saturated rings. The smallest absolute Gasteiger partial charge is 0.258 e. The van der Waals surface area contributed by atoms with Crippen LogP contribution < -0.4 is 15.4 Å². The minimum absolute atomic E-state index is 0.0198. The van der Waals surface area contributed by atoms with Crippen molar-refractivity contribution in [2.75, 3.05) is 13.2 Å². The monoisotopic (exact) mass is 494 g/mol. The van der Waals surface area contributed by atoms with Crippen molar-refractivity contribution in [3.63, 3.8) is 0 Å². The van der Waals surface area contributed by atoms with Gasteiger partial charge in [0, 0.05) is 24.3 Å². The first-order valence-electron chi connectivity index (χ1n) is 12.6. The molecule has 7 nitrogen and oxygen atoms in total. The van der Waals surface area contributed by atoms with Crippen LogP contribution in [0.1, 0.15) is 34.3 Å². The summed E-state index contributed by atoms with van der Waals surface area (Å²) in [5.41, 5.74) is 5.18. The second kappa shape index (κ2) is 11.1. The third-order valence-electron chi connectivity index (χ3n) is 6.24. The summed E-state index contributed by atoms with van der Waals surface area (Å²) >= 11 is 0. The Labute approximate surface area is 216 Å². The molecule has 7 heteroatoms. The highest BCUT2D eigenvalue weighted by Crippen LogP contribution is 2.24. The maximum Gasteiger partial charge on any atom is 0.258 e. The van der Waals surface area contributed by atoms with Gasteiger partial charge in [0.15, 0.2) is 6.61 Å². The van der Waals surface area contributed by atoms with Gasteiger partial charge in [-0.15, -0.1) is 0 Å². The summed E-state index contributed by atoms with van der Waals surface area (Å²) in [4.78, 5) is 25.0. The molecule has 0 aliphatic heterocycles. The molecule has 2 amide bonds. The number of nitrogens with one attached hydrogen (secondary N) is 2. The molecule has 0 atom stereocenters. The number of carbonyl (C=O) groups excluding carboxylic acids is 2. The Kier molecular flexibility index (Phi) is 7.31. The van der Waals surface area contributed by atoms with E-state index in [4.69, 9.17) is 9.84 Å². The lowest BCUT2D eigenvalue weighted by molar-refractivity contribution is -0.123. The van der Waals surface area contributed by atoms with Gasteiger partial charge < -0.3 is 15.4 Å². The van der Waals surface area contributed by atoms with Crippen LogP contribution in [-0.4, -0.2) is 40.8 Å². The normalized spacial score (nSPS) is 12.7. The molecule has 4 aromatic rings. The van der Waals surface area contributed by atoms with Gasteiger partial charge in [-0.25, -0.2) is 4.68 Å². The minimum atomic E-state index is -0.168. The molecule has 1 aromatic heterocycles. The summed E-state index contributed by atoms with van der Waals surface area (Å²) in [7, 11) is 0. The maximum atomic E-state index is 13.2. The highest BCUT2D eigenvalue weighted by molar-refractivity contribution is 5.99. The Balaban J connectivity index is 1.21. The van der Waals surface area contributed by atoms with Crippen molar-refractivity contribution in [1.82, 2.24) is 20.4 Å². The molecule has 188 valence electrons. The molecule has 0 bridgehead atoms. The van der Waals surface area contributed by atoms with E-state index in [1.54, 1.807) is 10.9 Å². The van der Waals surface area contributed by atoms with Crippen LogP contribution in [0.15, 0.2) is 85.1 Å². The number of benzene rings is 3. The SMILES string of the molecule is Cc1ccc(-n2cc(C(=O)NCCc3ccc(OCC(=O)NC4CC4)cc3)c(-c3ccccc3)n2)cc1. The maximum absolute atomic E-state index is 13.2. The van der Waals surface area contributed by atoms with Crippen LogP contribution in [0.3, 0.4) is 0 Å². The highest BCUT2D eigenvalue weighted by atomic mass is 16.5. The first-order valence-corrected chi connectivity index (χ1v) is 12.6. The third-order valence-corrected chi connectivity index (χ3v) is 6.24. The number of hydrogen-bond acceptors (Lipinski definition) is 4. The molecule has 0 radical (unpaired) electrons. The molecular formula is C30H30N4O3. The van der Waals surface area contributed by atoms with E-state index in [0.717, 1.165) is 35.2 Å². The quantitative estimate of drug-likeness (QED) is 0.341. The number of ether oxygens (including phenoxy) is 1. The van der Waals surface area contributed by atoms with Crippen LogP contribution in [0.2, 0.25) is 0 Å². The van der Waals surface area contributed by atoms with E-state index >= 15 is 0 Å². The number of aryl methyl sites for hydroxylation is 1. The average molecular weight is 495 g/mol. The van der Waals surface area contributed by atoms with E-state index in [0.29, 0.717) is 36.0 Å². The Morgan fingerprint density at radius 2 is 1.70 bits per heavy atom. The fraction of sp³-hybridized carbons (Fsp3) is 0.233. The second-order valence-electron chi connectivity index (χ2n) is 9.32. The molecule has 0 unspecified atom stereocenters. The molecule has 0 saturated heterocycles. The van der Waals surface area contributed by atoms with E-state index < -0.39 is 0 Å². The zero-order chi connectivity index (χ0) is 25.6.